The van der Waals surface area contributed by atoms with E-state index in [1.54, 1.807) is 0 Å². The summed E-state index contributed by atoms with van der Waals surface area (Å²) in [6.07, 6.45) is 1.79. The summed E-state index contributed by atoms with van der Waals surface area (Å²) >= 11 is -2.25. The lowest BCUT2D eigenvalue weighted by atomic mass is 9.91. The fraction of sp³-hybridized carbons (Fsp3) is 0.333. The summed E-state index contributed by atoms with van der Waals surface area (Å²) in [6, 6.07) is 16.5. The van der Waals surface area contributed by atoms with E-state index in [-0.39, 0.29) is 18.5 Å². The Morgan fingerprint density at radius 2 is 2.04 bits per heavy atom. The van der Waals surface area contributed by atoms with Gasteiger partial charge in [0.15, 0.2) is 0 Å². The molecule has 128 valence electrons. The molecule has 1 aliphatic carbocycles. The van der Waals surface area contributed by atoms with Crippen LogP contribution in [0, 0.1) is 0 Å². The Morgan fingerprint density at radius 1 is 1.25 bits per heavy atom. The van der Waals surface area contributed by atoms with E-state index in [2.05, 4.69) is 22.9 Å². The van der Waals surface area contributed by atoms with Gasteiger partial charge in [0, 0.05) is 29.8 Å². The van der Waals surface area contributed by atoms with Gasteiger partial charge in [-0.1, -0.05) is 36.4 Å². The Hall–Kier alpha value is -1.73. The summed E-state index contributed by atoms with van der Waals surface area (Å²) in [5.41, 5.74) is 10.2. The van der Waals surface area contributed by atoms with E-state index < -0.39 is 11.3 Å². The number of ether oxygens (including phenoxy) is 1. The van der Waals surface area contributed by atoms with Crippen molar-refractivity contribution in [3.8, 4) is 5.75 Å². The lowest BCUT2D eigenvalue weighted by Gasteiger charge is -2.17. The highest BCUT2D eigenvalue weighted by molar-refractivity contribution is 7.77. The summed E-state index contributed by atoms with van der Waals surface area (Å²) in [5, 5.41) is 0. The summed E-state index contributed by atoms with van der Waals surface area (Å²) in [4.78, 5) is 0. The molecule has 3 atom stereocenters. The molecule has 0 fully saturated rings. The first-order chi connectivity index (χ1) is 11.6. The normalized spacial score (nSPS) is 20.6. The predicted molar refractivity (Wildman–Crippen MR) is 93.4 cm³/mol. The second-order valence-electron chi connectivity index (χ2n) is 6.00. The van der Waals surface area contributed by atoms with Crippen LogP contribution in [0.4, 0.5) is 0 Å². The molecule has 0 saturated heterocycles. The number of benzene rings is 2. The Bertz CT molecular complexity index is 709. The maximum atomic E-state index is 10.4. The van der Waals surface area contributed by atoms with Crippen LogP contribution in [0.15, 0.2) is 48.5 Å². The van der Waals surface area contributed by atoms with E-state index in [9.17, 15) is 8.76 Å². The van der Waals surface area contributed by atoms with E-state index in [0.717, 1.165) is 18.6 Å². The van der Waals surface area contributed by atoms with Crippen LogP contribution < -0.4 is 15.2 Å². The molecule has 0 aromatic heterocycles. The highest BCUT2D eigenvalue weighted by Crippen LogP contribution is 2.37. The third-order valence-corrected chi connectivity index (χ3v) is 4.82. The molecule has 3 unspecified atom stereocenters. The van der Waals surface area contributed by atoms with Gasteiger partial charge in [-0.05, 0) is 41.7 Å². The molecule has 2 aromatic rings. The Balaban J connectivity index is 1.69. The minimum atomic E-state index is -2.25. The van der Waals surface area contributed by atoms with Crippen LogP contribution in [0.2, 0.25) is 0 Å². The minimum absolute atomic E-state index is 0.111. The van der Waals surface area contributed by atoms with Crippen molar-refractivity contribution in [3.63, 3.8) is 0 Å². The van der Waals surface area contributed by atoms with Crippen LogP contribution in [-0.2, 0) is 24.1 Å². The van der Waals surface area contributed by atoms with Gasteiger partial charge in [0.2, 0.25) is 0 Å². The lowest BCUT2D eigenvalue weighted by Crippen LogP contribution is -2.26. The molecule has 0 aliphatic heterocycles. The lowest BCUT2D eigenvalue weighted by molar-refractivity contribution is 0.321. The fourth-order valence-corrected chi connectivity index (χ4v) is 3.49. The Labute approximate surface area is 144 Å². The number of nitrogens with two attached hydrogens (primary N) is 1. The molecule has 0 radical (unpaired) electrons. The van der Waals surface area contributed by atoms with Crippen LogP contribution in [0.5, 0.6) is 5.75 Å². The first-order valence-electron chi connectivity index (χ1n) is 8.01. The van der Waals surface area contributed by atoms with Crippen molar-refractivity contribution in [3.05, 3.63) is 65.2 Å². The zero-order valence-corrected chi connectivity index (χ0v) is 14.1. The molecule has 2 aromatic carbocycles. The molecule has 5 nitrogen and oxygen atoms in total. The van der Waals surface area contributed by atoms with Gasteiger partial charge >= 0.3 is 0 Å². The van der Waals surface area contributed by atoms with Crippen LogP contribution >= 0.6 is 0 Å². The van der Waals surface area contributed by atoms with Crippen molar-refractivity contribution in [1.82, 2.24) is 4.72 Å². The standard InChI is InChI=1S/C18H22N2O3S/c19-18-11-14-6-7-15(23-9-8-20-24(21)22)12-16(14)17(18)10-13-4-2-1-3-5-13/h1-7,12,17-18,20H,8-11,19H2,(H,21,22)/p-1. The van der Waals surface area contributed by atoms with Crippen LogP contribution in [0.3, 0.4) is 0 Å². The van der Waals surface area contributed by atoms with Gasteiger partial charge in [0.1, 0.15) is 12.4 Å². The van der Waals surface area contributed by atoms with Crippen molar-refractivity contribution < 1.29 is 13.5 Å². The van der Waals surface area contributed by atoms with Gasteiger partial charge in [-0.25, -0.2) is 4.72 Å². The van der Waals surface area contributed by atoms with E-state index in [1.807, 2.05) is 30.3 Å². The van der Waals surface area contributed by atoms with Gasteiger partial charge in [-0.3, -0.25) is 4.21 Å². The Kier molecular flexibility index (Phi) is 5.63. The molecular weight excluding hydrogens is 324 g/mol. The quantitative estimate of drug-likeness (QED) is 0.590. The zero-order chi connectivity index (χ0) is 16.9. The van der Waals surface area contributed by atoms with Gasteiger partial charge in [0.05, 0.1) is 0 Å². The number of rotatable bonds is 7. The average molecular weight is 345 g/mol. The molecule has 0 spiro atoms. The third-order valence-electron chi connectivity index (χ3n) is 4.38. The second-order valence-corrected chi connectivity index (χ2v) is 6.76. The molecule has 1 aliphatic rings. The van der Waals surface area contributed by atoms with Crippen molar-refractivity contribution in [2.45, 2.75) is 24.8 Å². The number of hydrogen-bond donors (Lipinski definition) is 2. The summed E-state index contributed by atoms with van der Waals surface area (Å²) in [6.45, 7) is 0.544. The van der Waals surface area contributed by atoms with Crippen molar-refractivity contribution in [2.75, 3.05) is 13.2 Å². The van der Waals surface area contributed by atoms with Gasteiger partial charge in [-0.2, -0.15) is 0 Å². The summed E-state index contributed by atoms with van der Waals surface area (Å²) < 4.78 is 28.8. The van der Waals surface area contributed by atoms with Gasteiger partial charge in [0.25, 0.3) is 0 Å². The van der Waals surface area contributed by atoms with E-state index in [0.29, 0.717) is 6.61 Å². The smallest absolute Gasteiger partial charge is 0.119 e. The van der Waals surface area contributed by atoms with Gasteiger partial charge < -0.3 is 15.0 Å². The van der Waals surface area contributed by atoms with Crippen LogP contribution in [0.1, 0.15) is 22.6 Å². The highest BCUT2D eigenvalue weighted by Gasteiger charge is 2.30. The number of hydrogen-bond acceptors (Lipinski definition) is 4. The summed E-state index contributed by atoms with van der Waals surface area (Å²) in [7, 11) is 0. The van der Waals surface area contributed by atoms with Crippen LogP contribution in [-0.4, -0.2) is 28.0 Å². The maximum Gasteiger partial charge on any atom is 0.119 e. The van der Waals surface area contributed by atoms with E-state index in [4.69, 9.17) is 10.5 Å². The predicted octanol–water partition coefficient (Wildman–Crippen LogP) is 1.66. The van der Waals surface area contributed by atoms with Crippen molar-refractivity contribution in [2.24, 2.45) is 5.73 Å². The van der Waals surface area contributed by atoms with E-state index in [1.165, 1.54) is 16.7 Å². The molecular formula is C18H21N2O3S-. The second kappa shape index (κ2) is 7.90. The average Bonchev–Trinajstić information content (AvgIpc) is 2.88. The maximum absolute atomic E-state index is 10.4. The molecule has 0 saturated carbocycles. The number of nitrogens with one attached hydrogen (secondary N) is 1. The highest BCUT2D eigenvalue weighted by atomic mass is 32.2. The molecule has 0 heterocycles. The molecule has 6 heteroatoms. The zero-order valence-electron chi connectivity index (χ0n) is 13.3. The topological polar surface area (TPSA) is 87.4 Å². The third kappa shape index (κ3) is 4.21. The van der Waals surface area contributed by atoms with Gasteiger partial charge in [-0.15, -0.1) is 0 Å². The molecule has 0 bridgehead atoms. The minimum Gasteiger partial charge on any atom is -0.760 e. The Morgan fingerprint density at radius 3 is 2.79 bits per heavy atom. The molecule has 3 rings (SSSR count). The fourth-order valence-electron chi connectivity index (χ4n) is 3.24. The van der Waals surface area contributed by atoms with E-state index >= 15 is 0 Å². The summed E-state index contributed by atoms with van der Waals surface area (Å²) in [5.74, 6) is 1.03. The van der Waals surface area contributed by atoms with Crippen molar-refractivity contribution >= 4 is 11.3 Å². The number of fused-ring (bicyclic) bond motifs is 1. The van der Waals surface area contributed by atoms with Crippen LogP contribution in [0.25, 0.3) is 0 Å². The molecule has 24 heavy (non-hydrogen) atoms. The largest absolute Gasteiger partial charge is 0.760 e. The first kappa shape index (κ1) is 17.1. The molecule has 3 N–H and O–H groups in total. The van der Waals surface area contributed by atoms with Crippen molar-refractivity contribution in [1.29, 1.82) is 0 Å². The monoisotopic (exact) mass is 345 g/mol. The molecule has 0 amide bonds. The first-order valence-corrected chi connectivity index (χ1v) is 9.09. The SMILES string of the molecule is NC1Cc2ccc(OCCNS(=O)[O-])cc2C1Cc1ccccc1.